The summed E-state index contributed by atoms with van der Waals surface area (Å²) in [6.07, 6.45) is -4.79. The van der Waals surface area contributed by atoms with Gasteiger partial charge in [-0.15, -0.1) is 0 Å². The molecule has 30 heteroatoms. The van der Waals surface area contributed by atoms with Crippen LogP contribution in [0.25, 0.3) is 16.4 Å². The minimum atomic E-state index is -5.32. The number of carbonyl (C=O) groups excluding carboxylic acids is 7. The Labute approximate surface area is 545 Å². The molecule has 1 aromatic heterocycles. The molecule has 1 aromatic carbocycles. The molecule has 2 fully saturated rings. The first kappa shape index (κ1) is 74.5. The van der Waals surface area contributed by atoms with Crippen LogP contribution in [-0.4, -0.2) is 133 Å². The fraction of sp³-hybridized carbons (Fsp3) is 0.629. The van der Waals surface area contributed by atoms with Crippen molar-refractivity contribution in [3.05, 3.63) is 69.2 Å². The summed E-state index contributed by atoms with van der Waals surface area (Å²) in [5, 5.41) is 30.1. The van der Waals surface area contributed by atoms with Crippen LogP contribution < -0.4 is 44.6 Å². The number of aromatic nitrogens is 2. The zero-order chi connectivity index (χ0) is 66.7. The average molecular weight is 1350 g/mol. The maximum Gasteiger partial charge on any atom is 2.00 e. The summed E-state index contributed by atoms with van der Waals surface area (Å²) in [5.41, 5.74) is 36.7. The number of phosphoric ester groups is 1. The number of benzene rings is 1. The van der Waals surface area contributed by atoms with E-state index in [0.717, 1.165) is 11.1 Å². The van der Waals surface area contributed by atoms with Crippen LogP contribution in [0, 0.1) is 59.2 Å². The van der Waals surface area contributed by atoms with Crippen LogP contribution in [0.4, 0.5) is 0 Å². The number of aliphatic hydroxyl groups is 2. The standard InChI is InChI=1S/C62H90N13O14P.Co.H2O/c1-29-20-39-40(21-30(29)2)75(28-70-39)57-52(84)53(41(27-76)87-57)89-90(85,86)88-31(3)26-69-49(83)18-19-59(8)37(22-46(66)80)56-62(11)61(10,25-48(68)82)36(14-17-45(65)79)51(74-62)33(5)55-60(9,24-47(67)81)34(12-15-43(63)77)38(71-55)23-42-58(6,7)35(13-16-44(64)78)50(72-42)32(4)54(59)73-56;;/h20-21,23,28,31,34-37,41,52-53,56-57,76,84H,12-19,22,24-27H2,1-11H3,(H15,63,64,65,66,67,68,69,71,72,73,74,77,78,79,80,81,82,83,85,86);;1H2/q;+2;/p-2/t31-,34-,35-,36-,37+,41-,52-,53+,56?,57+,59-,60+,61+,62+;;/m1../s1. The van der Waals surface area contributed by atoms with Crippen molar-refractivity contribution >= 4 is 77.3 Å². The molecule has 28 nitrogen and oxygen atoms in total. The first-order valence-electron chi connectivity index (χ1n) is 30.5. The van der Waals surface area contributed by atoms with E-state index in [9.17, 15) is 53.2 Å². The van der Waals surface area contributed by atoms with E-state index in [1.807, 2.05) is 80.5 Å². The quantitative estimate of drug-likeness (QED) is 0.0611. The molecule has 0 aliphatic carbocycles. The van der Waals surface area contributed by atoms with Gasteiger partial charge in [0, 0.05) is 108 Å². The number of amides is 7. The molecular formula is C62H90CoN13O15P. The molecular weight excluding hydrogens is 1260 g/mol. The molecule has 507 valence electrons. The molecule has 2 aromatic rings. The van der Waals surface area contributed by atoms with Gasteiger partial charge in [-0.1, -0.05) is 40.7 Å². The number of nitrogens with two attached hydrogens (primary N) is 6. The van der Waals surface area contributed by atoms with Crippen LogP contribution >= 0.6 is 7.82 Å². The summed E-state index contributed by atoms with van der Waals surface area (Å²) < 4.78 is 31.9. The molecule has 8 rings (SSSR count). The number of aliphatic hydroxyl groups excluding tert-OH is 2. The number of fused-ring (bicyclic) bond motifs is 7. The van der Waals surface area contributed by atoms with Crippen LogP contribution in [0.1, 0.15) is 150 Å². The SMILES string of the molecule is C/C1=C2/[N-]C([C@H](CC(N)=O)[C@@]2(C)CCC(=O)NC[C@@H](C)OP(=O)([O-])O[C@@H]2[C@@H](O)[C@@H](n3cnc4cc(C)c(C)cc43)O[C@@H]2CO)[C@]2(C)N=C(/C(C)=C3\N=C(C=C4N=C1[C@@H](CCC(N)=O)C4(C)C)[C@@H](CCC(N)=O)[C@]3(C)CC(N)=O)[C@@H](CCC(N)=O)[C@]2(C)CC(N)=O.O.[Co+2]. The van der Waals surface area contributed by atoms with E-state index in [0.29, 0.717) is 56.4 Å². The van der Waals surface area contributed by atoms with E-state index >= 15 is 0 Å². The van der Waals surface area contributed by atoms with Gasteiger partial charge in [0.15, 0.2) is 6.23 Å². The molecule has 6 aliphatic rings. The number of imidazole rings is 1. The molecule has 2 saturated heterocycles. The van der Waals surface area contributed by atoms with E-state index in [1.54, 1.807) is 6.92 Å². The van der Waals surface area contributed by atoms with Gasteiger partial charge in [0.1, 0.15) is 18.3 Å². The van der Waals surface area contributed by atoms with Crippen molar-refractivity contribution in [1.29, 1.82) is 0 Å². The molecule has 7 heterocycles. The zero-order valence-corrected chi connectivity index (χ0v) is 55.9. The summed E-state index contributed by atoms with van der Waals surface area (Å²) >= 11 is 0. The second-order valence-electron chi connectivity index (χ2n) is 27.0. The predicted octanol–water partition coefficient (Wildman–Crippen LogP) is 2.49. The van der Waals surface area contributed by atoms with E-state index in [1.165, 1.54) is 17.8 Å². The first-order valence-corrected chi connectivity index (χ1v) is 32.0. The van der Waals surface area contributed by atoms with Crippen LogP contribution in [0.5, 0.6) is 0 Å². The minimum Gasteiger partial charge on any atom is -0.756 e. The summed E-state index contributed by atoms with van der Waals surface area (Å²) in [6.45, 7) is 19.0. The van der Waals surface area contributed by atoms with E-state index in [-0.39, 0.29) is 99.4 Å². The van der Waals surface area contributed by atoms with Crippen molar-refractivity contribution < 1.29 is 89.3 Å². The van der Waals surface area contributed by atoms with E-state index < -0.39 is 143 Å². The maximum absolute atomic E-state index is 14.4. The Kier molecular flexibility index (Phi) is 22.5. The van der Waals surface area contributed by atoms with Gasteiger partial charge in [-0.3, -0.25) is 53.1 Å². The third-order valence-corrected chi connectivity index (χ3v) is 21.6. The van der Waals surface area contributed by atoms with Gasteiger partial charge >= 0.3 is 16.8 Å². The van der Waals surface area contributed by atoms with Gasteiger partial charge < -0.3 is 84.0 Å². The fourth-order valence-corrected chi connectivity index (χ4v) is 16.4. The van der Waals surface area contributed by atoms with Crippen molar-refractivity contribution in [2.75, 3.05) is 13.2 Å². The number of aliphatic imine (C=N–C) groups is 3. The average Bonchev–Trinajstić information content (AvgIpc) is 1.53. The van der Waals surface area contributed by atoms with Crippen LogP contribution in [0.15, 0.2) is 67.8 Å². The molecule has 0 saturated carbocycles. The number of nitrogens with one attached hydrogen (secondary N) is 1. The van der Waals surface area contributed by atoms with Crippen molar-refractivity contribution in [3.8, 4) is 0 Å². The molecule has 7 amide bonds. The molecule has 92 heavy (non-hydrogen) atoms. The minimum absolute atomic E-state index is 0. The third-order valence-electron chi connectivity index (χ3n) is 20.5. The number of phosphoric acid groups is 1. The Balaban J connectivity index is 0.00000672. The second kappa shape index (κ2) is 27.8. The van der Waals surface area contributed by atoms with Crippen molar-refractivity contribution in [1.82, 2.24) is 14.9 Å². The Bertz CT molecular complexity index is 3550. The number of rotatable bonds is 26. The zero-order valence-electron chi connectivity index (χ0n) is 54.0. The predicted molar refractivity (Wildman–Crippen MR) is 335 cm³/mol. The maximum atomic E-state index is 14.4. The number of nitrogens with zero attached hydrogens (tertiary/aromatic N) is 6. The fourth-order valence-electron chi connectivity index (χ4n) is 15.3. The topological polar surface area (TPSA) is 496 Å². The number of primary amides is 6. The molecule has 8 bridgehead atoms. The van der Waals surface area contributed by atoms with Gasteiger partial charge in [-0.2, -0.15) is 5.70 Å². The molecule has 17 N–H and O–H groups in total. The molecule has 0 spiro atoms. The largest absolute Gasteiger partial charge is 2.00 e. The molecule has 15 atom stereocenters. The van der Waals surface area contributed by atoms with Gasteiger partial charge in [0.25, 0.3) is 7.82 Å². The van der Waals surface area contributed by atoms with Crippen LogP contribution in [-0.2, 0) is 68.7 Å². The second-order valence-corrected chi connectivity index (χ2v) is 28.3. The van der Waals surface area contributed by atoms with E-state index in [4.69, 9.17) is 68.5 Å². The number of aryl methyl sites for hydroxylation is 2. The summed E-state index contributed by atoms with van der Waals surface area (Å²) in [5.74, 6) is -7.40. The third kappa shape index (κ3) is 14.1. The van der Waals surface area contributed by atoms with Crippen LogP contribution in [0.3, 0.4) is 0 Å². The molecule has 1 radical (unpaired) electrons. The Morgan fingerprint density at radius 3 is 1.96 bits per heavy atom. The van der Waals surface area contributed by atoms with Crippen molar-refractivity contribution in [3.63, 3.8) is 0 Å². The number of hydrogen-bond acceptors (Lipinski definition) is 18. The number of carbonyl (C=O) groups is 7. The molecule has 2 unspecified atom stereocenters. The van der Waals surface area contributed by atoms with Gasteiger partial charge in [0.05, 0.1) is 41.3 Å². The number of allylic oxidation sites excluding steroid dienone is 6. The number of hydrogen-bond donors (Lipinski definition) is 9. The monoisotopic (exact) mass is 1350 g/mol. The number of ether oxygens (including phenoxy) is 1. The summed E-state index contributed by atoms with van der Waals surface area (Å²) in [7, 11) is -5.32. The smallest absolute Gasteiger partial charge is 0.756 e. The summed E-state index contributed by atoms with van der Waals surface area (Å²) in [6, 6.07) is 2.65. The van der Waals surface area contributed by atoms with E-state index in [2.05, 4.69) is 10.3 Å². The normalized spacial score (nSPS) is 32.9. The van der Waals surface area contributed by atoms with Gasteiger partial charge in [-0.05, 0) is 119 Å². The Morgan fingerprint density at radius 1 is 0.793 bits per heavy atom. The Hall–Kier alpha value is -6.53. The van der Waals surface area contributed by atoms with Crippen molar-refractivity contribution in [2.24, 2.45) is 94.7 Å². The first-order chi connectivity index (χ1) is 41.8. The van der Waals surface area contributed by atoms with Crippen LogP contribution in [0.2, 0.25) is 0 Å². The Morgan fingerprint density at radius 2 is 1.38 bits per heavy atom. The van der Waals surface area contributed by atoms with Gasteiger partial charge in [0.2, 0.25) is 41.4 Å². The van der Waals surface area contributed by atoms with Crippen molar-refractivity contribution in [2.45, 2.75) is 189 Å². The van der Waals surface area contributed by atoms with Gasteiger partial charge in [-0.25, -0.2) is 4.98 Å². The molecule has 6 aliphatic heterocycles. The summed E-state index contributed by atoms with van der Waals surface area (Å²) in [4.78, 5) is 128.